The number of nitrogens with one attached hydrogen (secondary N) is 1. The van der Waals surface area contributed by atoms with E-state index in [9.17, 15) is 9.59 Å². The van der Waals surface area contributed by atoms with Crippen molar-refractivity contribution in [2.75, 3.05) is 31.6 Å². The molecule has 1 aliphatic rings. The van der Waals surface area contributed by atoms with Crippen molar-refractivity contribution < 1.29 is 14.3 Å². The summed E-state index contributed by atoms with van der Waals surface area (Å²) in [6.07, 6.45) is 3.09. The van der Waals surface area contributed by atoms with Crippen LogP contribution in [-0.2, 0) is 20.7 Å². The molecule has 1 aliphatic heterocycles. The Morgan fingerprint density at radius 3 is 2.69 bits per heavy atom. The summed E-state index contributed by atoms with van der Waals surface area (Å²) in [7, 11) is 0. The number of carbonyl (C=O) groups excluding carboxylic acids is 2. The second kappa shape index (κ2) is 9.43. The largest absolute Gasteiger partial charge is 0.378 e. The van der Waals surface area contributed by atoms with Crippen molar-refractivity contribution in [1.82, 2.24) is 9.88 Å². The number of carbonyl (C=O) groups is 2. The second-order valence-corrected chi connectivity index (χ2v) is 8.48. The molecule has 3 N–H and O–H groups in total. The van der Waals surface area contributed by atoms with Gasteiger partial charge in [0.2, 0.25) is 11.8 Å². The Morgan fingerprint density at radius 1 is 1.38 bits per heavy atom. The third-order valence-electron chi connectivity index (χ3n) is 4.28. The molecule has 8 heteroatoms. The number of aromatic nitrogens is 1. The van der Waals surface area contributed by atoms with Gasteiger partial charge >= 0.3 is 0 Å². The van der Waals surface area contributed by atoms with Gasteiger partial charge in [0.15, 0.2) is 5.13 Å². The SMILES string of the molecule is CC(C)(C)C(=O)Nc1nc(CC(=O)N2CCC(OCCCN)CC2)cs1. The third-order valence-corrected chi connectivity index (χ3v) is 5.09. The molecule has 0 aliphatic carbocycles. The van der Waals surface area contributed by atoms with Crippen LogP contribution in [0.2, 0.25) is 0 Å². The Labute approximate surface area is 159 Å². The maximum absolute atomic E-state index is 12.5. The van der Waals surface area contributed by atoms with Crippen LogP contribution in [0.15, 0.2) is 5.38 Å². The summed E-state index contributed by atoms with van der Waals surface area (Å²) in [5, 5.41) is 5.18. The lowest BCUT2D eigenvalue weighted by Crippen LogP contribution is -2.41. The fraction of sp³-hybridized carbons (Fsp3) is 0.722. The normalized spacial score (nSPS) is 15.9. The van der Waals surface area contributed by atoms with E-state index in [1.807, 2.05) is 31.1 Å². The van der Waals surface area contributed by atoms with Gasteiger partial charge in [-0.05, 0) is 25.8 Å². The Morgan fingerprint density at radius 2 is 2.08 bits per heavy atom. The van der Waals surface area contributed by atoms with Gasteiger partial charge in [-0.1, -0.05) is 20.8 Å². The molecule has 0 bridgehead atoms. The standard InChI is InChI=1S/C18H30N4O3S/c1-18(2,3)16(24)21-17-20-13(12-26-17)11-15(23)22-8-5-14(6-9-22)25-10-4-7-19/h12,14H,4-11,19H2,1-3H3,(H,20,21,24). The Kier molecular flexibility index (Phi) is 7.55. The number of thiazole rings is 1. The molecule has 1 aromatic heterocycles. The first-order valence-corrected chi connectivity index (χ1v) is 10.0. The molecule has 2 heterocycles. The quantitative estimate of drug-likeness (QED) is 0.703. The molecule has 0 spiro atoms. The highest BCUT2D eigenvalue weighted by Crippen LogP contribution is 2.21. The summed E-state index contributed by atoms with van der Waals surface area (Å²) < 4.78 is 5.77. The van der Waals surface area contributed by atoms with Crippen LogP contribution in [0.3, 0.4) is 0 Å². The smallest absolute Gasteiger partial charge is 0.231 e. The van der Waals surface area contributed by atoms with Crippen molar-refractivity contribution in [3.05, 3.63) is 11.1 Å². The van der Waals surface area contributed by atoms with Crippen LogP contribution >= 0.6 is 11.3 Å². The molecule has 1 aromatic rings. The summed E-state index contributed by atoms with van der Waals surface area (Å²) in [6, 6.07) is 0. The Hall–Kier alpha value is -1.51. The van der Waals surface area contributed by atoms with Crippen molar-refractivity contribution in [3.63, 3.8) is 0 Å². The molecule has 0 radical (unpaired) electrons. The topological polar surface area (TPSA) is 97.5 Å². The molecule has 2 rings (SSSR count). The number of piperidine rings is 1. The number of hydrogen-bond donors (Lipinski definition) is 2. The van der Waals surface area contributed by atoms with E-state index >= 15 is 0 Å². The lowest BCUT2D eigenvalue weighted by molar-refractivity contribution is -0.133. The lowest BCUT2D eigenvalue weighted by Gasteiger charge is -2.32. The van der Waals surface area contributed by atoms with Crippen molar-refractivity contribution >= 4 is 28.3 Å². The fourth-order valence-electron chi connectivity index (χ4n) is 2.60. The molecule has 26 heavy (non-hydrogen) atoms. The van der Waals surface area contributed by atoms with Crippen LogP contribution in [0.25, 0.3) is 0 Å². The highest BCUT2D eigenvalue weighted by atomic mass is 32.1. The summed E-state index contributed by atoms with van der Waals surface area (Å²) in [6.45, 7) is 8.31. The zero-order valence-corrected chi connectivity index (χ0v) is 16.7. The molecule has 7 nitrogen and oxygen atoms in total. The van der Waals surface area contributed by atoms with Crippen molar-refractivity contribution in [2.45, 2.75) is 52.6 Å². The van der Waals surface area contributed by atoms with E-state index in [-0.39, 0.29) is 24.3 Å². The van der Waals surface area contributed by atoms with E-state index in [1.54, 1.807) is 0 Å². The van der Waals surface area contributed by atoms with Gasteiger partial charge in [-0.3, -0.25) is 9.59 Å². The van der Waals surface area contributed by atoms with Crippen LogP contribution in [0, 0.1) is 5.41 Å². The first kappa shape index (κ1) is 20.8. The highest BCUT2D eigenvalue weighted by molar-refractivity contribution is 7.13. The summed E-state index contributed by atoms with van der Waals surface area (Å²) >= 11 is 1.35. The molecule has 0 unspecified atom stereocenters. The molecule has 146 valence electrons. The summed E-state index contributed by atoms with van der Waals surface area (Å²) in [5.41, 5.74) is 5.69. The van der Waals surface area contributed by atoms with E-state index in [0.717, 1.165) is 19.3 Å². The average Bonchev–Trinajstić information content (AvgIpc) is 3.01. The van der Waals surface area contributed by atoms with Crippen molar-refractivity contribution in [1.29, 1.82) is 0 Å². The van der Waals surface area contributed by atoms with Gasteiger partial charge in [0, 0.05) is 30.5 Å². The molecular weight excluding hydrogens is 352 g/mol. The minimum absolute atomic E-state index is 0.0735. The highest BCUT2D eigenvalue weighted by Gasteiger charge is 2.25. The van der Waals surface area contributed by atoms with Gasteiger partial charge < -0.3 is 20.7 Å². The van der Waals surface area contributed by atoms with Crippen molar-refractivity contribution in [3.8, 4) is 0 Å². The van der Waals surface area contributed by atoms with E-state index in [4.69, 9.17) is 10.5 Å². The van der Waals surface area contributed by atoms with Gasteiger partial charge in [0.25, 0.3) is 0 Å². The zero-order chi connectivity index (χ0) is 19.2. The van der Waals surface area contributed by atoms with E-state index < -0.39 is 5.41 Å². The van der Waals surface area contributed by atoms with Gasteiger partial charge in [0.05, 0.1) is 18.2 Å². The first-order chi connectivity index (χ1) is 12.3. The Balaban J connectivity index is 1.77. The average molecular weight is 383 g/mol. The molecular formula is C18H30N4O3S. The van der Waals surface area contributed by atoms with Gasteiger partial charge in [-0.25, -0.2) is 4.98 Å². The zero-order valence-electron chi connectivity index (χ0n) is 15.9. The van der Waals surface area contributed by atoms with Crippen LogP contribution in [0.4, 0.5) is 5.13 Å². The maximum atomic E-state index is 12.5. The first-order valence-electron chi connectivity index (χ1n) is 9.15. The number of amides is 2. The predicted molar refractivity (Wildman–Crippen MR) is 103 cm³/mol. The number of nitrogens with two attached hydrogens (primary N) is 1. The fourth-order valence-corrected chi connectivity index (χ4v) is 3.31. The minimum atomic E-state index is -0.474. The number of hydrogen-bond acceptors (Lipinski definition) is 6. The van der Waals surface area contributed by atoms with E-state index in [2.05, 4.69) is 10.3 Å². The lowest BCUT2D eigenvalue weighted by atomic mass is 9.96. The molecule has 0 aromatic carbocycles. The monoisotopic (exact) mass is 382 g/mol. The summed E-state index contributed by atoms with van der Waals surface area (Å²) in [5.74, 6) is -0.00848. The van der Waals surface area contributed by atoms with Gasteiger partial charge in [0.1, 0.15) is 0 Å². The van der Waals surface area contributed by atoms with E-state index in [1.165, 1.54) is 11.3 Å². The van der Waals surface area contributed by atoms with Crippen molar-refractivity contribution in [2.24, 2.45) is 11.1 Å². The van der Waals surface area contributed by atoms with Crippen LogP contribution in [-0.4, -0.2) is 54.0 Å². The minimum Gasteiger partial charge on any atom is -0.378 e. The van der Waals surface area contributed by atoms with Crippen LogP contribution in [0.1, 0.15) is 45.7 Å². The molecule has 0 saturated carbocycles. The van der Waals surface area contributed by atoms with Gasteiger partial charge in [-0.2, -0.15) is 0 Å². The number of anilines is 1. The maximum Gasteiger partial charge on any atom is 0.231 e. The third kappa shape index (κ3) is 6.34. The van der Waals surface area contributed by atoms with Crippen LogP contribution < -0.4 is 11.1 Å². The summed E-state index contributed by atoms with van der Waals surface area (Å²) in [4.78, 5) is 30.7. The number of likely N-dealkylation sites (tertiary alicyclic amines) is 1. The predicted octanol–water partition coefficient (Wildman–Crippen LogP) is 2.03. The van der Waals surface area contributed by atoms with E-state index in [0.29, 0.717) is 37.1 Å². The molecule has 1 saturated heterocycles. The molecule has 1 fully saturated rings. The van der Waals surface area contributed by atoms with Gasteiger partial charge in [-0.15, -0.1) is 11.3 Å². The van der Waals surface area contributed by atoms with Crippen LogP contribution in [0.5, 0.6) is 0 Å². The second-order valence-electron chi connectivity index (χ2n) is 7.62. The Bertz CT molecular complexity index is 604. The number of nitrogens with zero attached hydrogens (tertiary/aromatic N) is 2. The number of ether oxygens (including phenoxy) is 1. The molecule has 2 amide bonds. The molecule has 0 atom stereocenters. The number of rotatable bonds is 7.